The van der Waals surface area contributed by atoms with E-state index in [1.807, 2.05) is 32.0 Å². The van der Waals surface area contributed by atoms with Crippen LogP contribution in [0.3, 0.4) is 0 Å². The van der Waals surface area contributed by atoms with Gasteiger partial charge in [-0.05, 0) is 44.9 Å². The second-order valence-electron chi connectivity index (χ2n) is 5.76. The fraction of sp³-hybridized carbons (Fsp3) is 0.467. The number of carbonyl (C=O) groups is 1. The van der Waals surface area contributed by atoms with Crippen LogP contribution >= 0.6 is 0 Å². The molecule has 5 heteroatoms. The molecule has 0 bridgehead atoms. The molecule has 1 aliphatic rings. The zero-order valence-electron chi connectivity index (χ0n) is 12.1. The molecule has 106 valence electrons. The lowest BCUT2D eigenvalue weighted by Gasteiger charge is -2.10. The minimum absolute atomic E-state index is 0.120. The number of amides is 2. The lowest BCUT2D eigenvalue weighted by atomic mass is 10.2. The zero-order valence-corrected chi connectivity index (χ0v) is 12.1. The molecule has 1 aliphatic carbocycles. The topological polar surface area (TPSA) is 59.0 Å². The molecule has 1 aromatic carbocycles. The van der Waals surface area contributed by atoms with Gasteiger partial charge in [0.2, 0.25) is 0 Å². The van der Waals surface area contributed by atoms with E-state index in [-0.39, 0.29) is 12.1 Å². The lowest BCUT2D eigenvalue weighted by Crippen LogP contribution is -2.34. The van der Waals surface area contributed by atoms with Crippen molar-refractivity contribution in [1.29, 1.82) is 0 Å². The number of nitrogens with zero attached hydrogens (tertiary/aromatic N) is 2. The minimum Gasteiger partial charge on any atom is -0.336 e. The van der Waals surface area contributed by atoms with Crippen LogP contribution in [0.15, 0.2) is 18.2 Å². The number of fused-ring (bicyclic) bond motifs is 1. The summed E-state index contributed by atoms with van der Waals surface area (Å²) in [6.07, 6.45) is 2.47. The molecular formula is C15H20N4O. The molecule has 20 heavy (non-hydrogen) atoms. The third-order valence-electron chi connectivity index (χ3n) is 3.54. The van der Waals surface area contributed by atoms with Gasteiger partial charge in [0.1, 0.15) is 5.82 Å². The first kappa shape index (κ1) is 13.0. The molecule has 2 N–H and O–H groups in total. The average Bonchev–Trinajstić information content (AvgIpc) is 3.14. The number of nitrogens with one attached hydrogen (secondary N) is 2. The van der Waals surface area contributed by atoms with E-state index in [4.69, 9.17) is 4.98 Å². The Morgan fingerprint density at radius 3 is 2.80 bits per heavy atom. The van der Waals surface area contributed by atoms with Crippen molar-refractivity contribution in [3.63, 3.8) is 0 Å². The summed E-state index contributed by atoms with van der Waals surface area (Å²) in [6, 6.07) is 5.80. The van der Waals surface area contributed by atoms with Crippen molar-refractivity contribution >= 4 is 22.8 Å². The van der Waals surface area contributed by atoms with Crippen molar-refractivity contribution in [2.24, 2.45) is 7.05 Å². The van der Waals surface area contributed by atoms with Crippen LogP contribution in [0.1, 0.15) is 38.4 Å². The molecule has 0 saturated heterocycles. The number of carbonyl (C=O) groups excluding carboxylic acids is 1. The van der Waals surface area contributed by atoms with Gasteiger partial charge in [-0.25, -0.2) is 9.78 Å². The first-order valence-electron chi connectivity index (χ1n) is 7.08. The molecule has 5 nitrogen and oxygen atoms in total. The van der Waals surface area contributed by atoms with Gasteiger partial charge in [-0.15, -0.1) is 0 Å². The summed E-state index contributed by atoms with van der Waals surface area (Å²) in [4.78, 5) is 16.4. The highest BCUT2D eigenvalue weighted by molar-refractivity contribution is 5.92. The van der Waals surface area contributed by atoms with Gasteiger partial charge in [0.25, 0.3) is 0 Å². The van der Waals surface area contributed by atoms with E-state index < -0.39 is 0 Å². The van der Waals surface area contributed by atoms with E-state index in [0.717, 1.165) is 22.5 Å². The molecule has 1 saturated carbocycles. The molecule has 1 heterocycles. The van der Waals surface area contributed by atoms with Gasteiger partial charge in [-0.2, -0.15) is 0 Å². The summed E-state index contributed by atoms with van der Waals surface area (Å²) < 4.78 is 2.16. The Labute approximate surface area is 118 Å². The fourth-order valence-corrected chi connectivity index (χ4v) is 2.43. The Bertz CT molecular complexity index is 655. The predicted molar refractivity (Wildman–Crippen MR) is 80.0 cm³/mol. The number of aromatic nitrogens is 2. The number of urea groups is 1. The van der Waals surface area contributed by atoms with Crippen LogP contribution in [0.2, 0.25) is 0 Å². The fourth-order valence-electron chi connectivity index (χ4n) is 2.43. The monoisotopic (exact) mass is 272 g/mol. The summed E-state index contributed by atoms with van der Waals surface area (Å²) in [5.41, 5.74) is 2.83. The standard InChI is InChI=1S/C15H20N4O/c1-9(2)16-15(20)17-11-6-7-13-12(8-11)18-14(19(13)3)10-4-5-10/h6-10H,4-5H2,1-3H3,(H2,16,17,20). The number of anilines is 1. The SMILES string of the molecule is CC(C)NC(=O)Nc1ccc2c(c1)nc(C1CC1)n2C. The van der Waals surface area contributed by atoms with Crippen LogP contribution < -0.4 is 10.6 Å². The molecule has 2 amide bonds. The third kappa shape index (κ3) is 2.48. The van der Waals surface area contributed by atoms with Crippen molar-refractivity contribution in [1.82, 2.24) is 14.9 Å². The Hall–Kier alpha value is -2.04. The number of benzene rings is 1. The summed E-state index contributed by atoms with van der Waals surface area (Å²) >= 11 is 0. The molecule has 2 aromatic rings. The molecule has 0 unspecified atom stereocenters. The van der Waals surface area contributed by atoms with E-state index in [1.165, 1.54) is 12.8 Å². The summed E-state index contributed by atoms with van der Waals surface area (Å²) in [7, 11) is 2.06. The van der Waals surface area contributed by atoms with E-state index in [2.05, 4.69) is 22.2 Å². The molecule has 0 atom stereocenters. The maximum atomic E-state index is 11.7. The van der Waals surface area contributed by atoms with Crippen LogP contribution in [0.25, 0.3) is 11.0 Å². The molecular weight excluding hydrogens is 252 g/mol. The quantitative estimate of drug-likeness (QED) is 0.902. The molecule has 0 spiro atoms. The highest BCUT2D eigenvalue weighted by Gasteiger charge is 2.28. The van der Waals surface area contributed by atoms with Gasteiger partial charge >= 0.3 is 6.03 Å². The normalized spacial score (nSPS) is 14.8. The van der Waals surface area contributed by atoms with Crippen LogP contribution in [-0.4, -0.2) is 21.6 Å². The van der Waals surface area contributed by atoms with Gasteiger partial charge in [0, 0.05) is 24.7 Å². The van der Waals surface area contributed by atoms with Gasteiger partial charge < -0.3 is 15.2 Å². The van der Waals surface area contributed by atoms with Gasteiger partial charge in [0.05, 0.1) is 11.0 Å². The van der Waals surface area contributed by atoms with E-state index in [1.54, 1.807) is 0 Å². The number of aryl methyl sites for hydroxylation is 1. The van der Waals surface area contributed by atoms with Crippen LogP contribution in [-0.2, 0) is 7.05 Å². The second-order valence-corrected chi connectivity index (χ2v) is 5.76. The largest absolute Gasteiger partial charge is 0.336 e. The summed E-state index contributed by atoms with van der Waals surface area (Å²) in [5, 5.41) is 5.65. The Morgan fingerprint density at radius 1 is 1.40 bits per heavy atom. The van der Waals surface area contributed by atoms with Gasteiger partial charge in [-0.3, -0.25) is 0 Å². The highest BCUT2D eigenvalue weighted by Crippen LogP contribution is 2.40. The molecule has 1 fully saturated rings. The molecule has 0 aliphatic heterocycles. The van der Waals surface area contributed by atoms with Gasteiger partial charge in [0.15, 0.2) is 0 Å². The van der Waals surface area contributed by atoms with Crippen molar-refractivity contribution in [3.8, 4) is 0 Å². The second kappa shape index (κ2) is 4.81. The third-order valence-corrected chi connectivity index (χ3v) is 3.54. The van der Waals surface area contributed by atoms with Gasteiger partial charge in [-0.1, -0.05) is 0 Å². The lowest BCUT2D eigenvalue weighted by molar-refractivity contribution is 0.250. The van der Waals surface area contributed by atoms with Crippen molar-refractivity contribution < 1.29 is 4.79 Å². The summed E-state index contributed by atoms with van der Waals surface area (Å²) in [6.45, 7) is 3.87. The molecule has 0 radical (unpaired) electrons. The number of rotatable bonds is 3. The number of imidazole rings is 1. The first-order valence-corrected chi connectivity index (χ1v) is 7.08. The smallest absolute Gasteiger partial charge is 0.319 e. The maximum absolute atomic E-state index is 11.7. The Morgan fingerprint density at radius 2 is 2.15 bits per heavy atom. The van der Waals surface area contributed by atoms with E-state index in [0.29, 0.717) is 5.92 Å². The van der Waals surface area contributed by atoms with Crippen LogP contribution in [0, 0.1) is 0 Å². The highest BCUT2D eigenvalue weighted by atomic mass is 16.2. The van der Waals surface area contributed by atoms with Crippen molar-refractivity contribution in [2.75, 3.05) is 5.32 Å². The van der Waals surface area contributed by atoms with E-state index in [9.17, 15) is 4.79 Å². The minimum atomic E-state index is -0.183. The summed E-state index contributed by atoms with van der Waals surface area (Å²) in [5.74, 6) is 1.77. The van der Waals surface area contributed by atoms with Crippen LogP contribution in [0.5, 0.6) is 0 Å². The molecule has 1 aromatic heterocycles. The number of hydrogen-bond acceptors (Lipinski definition) is 2. The van der Waals surface area contributed by atoms with E-state index >= 15 is 0 Å². The zero-order chi connectivity index (χ0) is 14.3. The number of hydrogen-bond donors (Lipinski definition) is 2. The van der Waals surface area contributed by atoms with Crippen molar-refractivity contribution in [3.05, 3.63) is 24.0 Å². The Balaban J connectivity index is 1.85. The van der Waals surface area contributed by atoms with Crippen molar-refractivity contribution in [2.45, 2.75) is 38.6 Å². The average molecular weight is 272 g/mol. The predicted octanol–water partition coefficient (Wildman–Crippen LogP) is 2.98. The molecule has 3 rings (SSSR count). The first-order chi connectivity index (χ1) is 9.54. The maximum Gasteiger partial charge on any atom is 0.319 e. The Kier molecular flexibility index (Phi) is 3.12. The van der Waals surface area contributed by atoms with Crippen LogP contribution in [0.4, 0.5) is 10.5 Å².